The highest BCUT2D eigenvalue weighted by Gasteiger charge is 2.37. The number of carbonyl (C=O) groups excluding carboxylic acids is 1. The molecule has 27 heavy (non-hydrogen) atoms. The monoisotopic (exact) mass is 406 g/mol. The molecule has 0 aromatic heterocycles. The van der Waals surface area contributed by atoms with Gasteiger partial charge in [0.25, 0.3) is 0 Å². The largest absolute Gasteiger partial charge is 0.324 e. The molecule has 5 nitrogen and oxygen atoms in total. The summed E-state index contributed by atoms with van der Waals surface area (Å²) in [5.41, 5.74) is 2.69. The minimum Gasteiger partial charge on any atom is -0.324 e. The van der Waals surface area contributed by atoms with E-state index in [0.29, 0.717) is 18.0 Å². The van der Waals surface area contributed by atoms with Gasteiger partial charge in [0.15, 0.2) is 0 Å². The number of nitrogens with zero attached hydrogens (tertiary/aromatic N) is 1. The highest BCUT2D eigenvalue weighted by atomic mass is 35.5. The lowest BCUT2D eigenvalue weighted by atomic mass is 10.0. The maximum absolute atomic E-state index is 13.1. The van der Waals surface area contributed by atoms with Gasteiger partial charge >= 0.3 is 0 Å². The smallest absolute Gasteiger partial charge is 0.243 e. The van der Waals surface area contributed by atoms with Gasteiger partial charge in [-0.3, -0.25) is 4.79 Å². The lowest BCUT2D eigenvalue weighted by Gasteiger charge is -2.33. The van der Waals surface area contributed by atoms with E-state index < -0.39 is 16.1 Å². The van der Waals surface area contributed by atoms with Crippen LogP contribution in [0.5, 0.6) is 0 Å². The van der Waals surface area contributed by atoms with Crippen molar-refractivity contribution in [3.8, 4) is 0 Å². The number of amides is 1. The van der Waals surface area contributed by atoms with E-state index in [-0.39, 0.29) is 10.8 Å². The van der Waals surface area contributed by atoms with Gasteiger partial charge in [0.05, 0.1) is 4.90 Å². The lowest BCUT2D eigenvalue weighted by Crippen LogP contribution is -2.49. The van der Waals surface area contributed by atoms with Gasteiger partial charge in [-0.25, -0.2) is 8.42 Å². The van der Waals surface area contributed by atoms with Gasteiger partial charge < -0.3 is 5.32 Å². The van der Waals surface area contributed by atoms with Crippen LogP contribution in [-0.4, -0.2) is 31.2 Å². The third-order valence-electron chi connectivity index (χ3n) is 4.83. The minimum atomic E-state index is -3.77. The summed E-state index contributed by atoms with van der Waals surface area (Å²) in [4.78, 5) is 13.1. The molecule has 1 atom stereocenters. The van der Waals surface area contributed by atoms with Crippen LogP contribution in [0.2, 0.25) is 5.02 Å². The zero-order valence-corrected chi connectivity index (χ0v) is 17.0. The molecule has 144 valence electrons. The van der Waals surface area contributed by atoms with Crippen molar-refractivity contribution in [1.29, 1.82) is 0 Å². The molecular weight excluding hydrogens is 384 g/mol. The van der Waals surface area contributed by atoms with Gasteiger partial charge in [-0.2, -0.15) is 4.31 Å². The molecule has 1 heterocycles. The fourth-order valence-electron chi connectivity index (χ4n) is 3.28. The van der Waals surface area contributed by atoms with Crippen molar-refractivity contribution < 1.29 is 13.2 Å². The van der Waals surface area contributed by atoms with Crippen LogP contribution in [-0.2, 0) is 14.8 Å². The van der Waals surface area contributed by atoms with Crippen LogP contribution in [0, 0.1) is 13.8 Å². The van der Waals surface area contributed by atoms with E-state index in [0.717, 1.165) is 29.7 Å². The average molecular weight is 407 g/mol. The Morgan fingerprint density at radius 3 is 2.52 bits per heavy atom. The molecule has 2 aromatic rings. The Labute approximate surface area is 165 Å². The van der Waals surface area contributed by atoms with Crippen molar-refractivity contribution in [2.24, 2.45) is 0 Å². The number of hydrogen-bond acceptors (Lipinski definition) is 3. The second kappa shape index (κ2) is 8.00. The van der Waals surface area contributed by atoms with Gasteiger partial charge in [-0.15, -0.1) is 0 Å². The molecule has 3 rings (SSSR count). The molecule has 2 aromatic carbocycles. The first kappa shape index (κ1) is 19.9. The Kier molecular flexibility index (Phi) is 5.89. The number of carbonyl (C=O) groups is 1. The molecule has 0 saturated carbocycles. The SMILES string of the molecule is Cc1ccc(C)c(NC(=O)[C@@H]2CCCCN2S(=O)(=O)c2ccc(Cl)cc2)c1. The van der Waals surface area contributed by atoms with Gasteiger partial charge in [0, 0.05) is 17.3 Å². The highest BCUT2D eigenvalue weighted by Crippen LogP contribution is 2.27. The number of halogens is 1. The van der Waals surface area contributed by atoms with Crippen LogP contribution in [0.1, 0.15) is 30.4 Å². The third-order valence-corrected chi connectivity index (χ3v) is 7.00. The highest BCUT2D eigenvalue weighted by molar-refractivity contribution is 7.89. The summed E-state index contributed by atoms with van der Waals surface area (Å²) < 4.78 is 27.5. The Bertz CT molecular complexity index is 942. The van der Waals surface area contributed by atoms with Crippen molar-refractivity contribution in [1.82, 2.24) is 4.31 Å². The summed E-state index contributed by atoms with van der Waals surface area (Å²) >= 11 is 5.87. The van der Waals surface area contributed by atoms with E-state index in [4.69, 9.17) is 11.6 Å². The van der Waals surface area contributed by atoms with E-state index in [9.17, 15) is 13.2 Å². The molecule has 0 bridgehead atoms. The molecule has 0 radical (unpaired) electrons. The predicted octanol–water partition coefficient (Wildman–Crippen LogP) is 4.14. The molecule has 0 aliphatic carbocycles. The van der Waals surface area contributed by atoms with E-state index in [1.807, 2.05) is 32.0 Å². The molecule has 7 heteroatoms. The second-order valence-corrected chi connectivity index (χ2v) is 9.22. The topological polar surface area (TPSA) is 66.5 Å². The minimum absolute atomic E-state index is 0.151. The summed E-state index contributed by atoms with van der Waals surface area (Å²) in [5, 5.41) is 3.39. The summed E-state index contributed by atoms with van der Waals surface area (Å²) in [6.07, 6.45) is 2.06. The van der Waals surface area contributed by atoms with Crippen LogP contribution in [0.25, 0.3) is 0 Å². The van der Waals surface area contributed by atoms with Crippen molar-refractivity contribution in [2.45, 2.75) is 44.0 Å². The number of anilines is 1. The standard InChI is InChI=1S/C20H23ClN2O3S/c1-14-6-7-15(2)18(13-14)22-20(24)19-5-3-4-12-23(19)27(25,26)17-10-8-16(21)9-11-17/h6-11,13,19H,3-5,12H2,1-2H3,(H,22,24)/t19-/m0/s1. The van der Waals surface area contributed by atoms with Gasteiger partial charge in [-0.05, 0) is 68.1 Å². The number of sulfonamides is 1. The number of benzene rings is 2. The molecular formula is C20H23ClN2O3S. The zero-order chi connectivity index (χ0) is 19.6. The maximum Gasteiger partial charge on any atom is 0.243 e. The summed E-state index contributed by atoms with van der Waals surface area (Å²) in [6.45, 7) is 4.20. The van der Waals surface area contributed by atoms with Crippen molar-refractivity contribution in [3.05, 3.63) is 58.6 Å². The van der Waals surface area contributed by atoms with E-state index in [1.165, 1.54) is 16.4 Å². The summed E-state index contributed by atoms with van der Waals surface area (Å²) in [6, 6.07) is 11.1. The first-order chi connectivity index (χ1) is 12.8. The van der Waals surface area contributed by atoms with Crippen LogP contribution in [0.4, 0.5) is 5.69 Å². The molecule has 0 unspecified atom stereocenters. The number of hydrogen-bond donors (Lipinski definition) is 1. The predicted molar refractivity (Wildman–Crippen MR) is 108 cm³/mol. The fourth-order valence-corrected chi connectivity index (χ4v) is 5.07. The van der Waals surface area contributed by atoms with E-state index in [2.05, 4.69) is 5.32 Å². The molecule has 1 fully saturated rings. The number of nitrogens with one attached hydrogen (secondary N) is 1. The van der Waals surface area contributed by atoms with Crippen molar-refractivity contribution in [2.75, 3.05) is 11.9 Å². The average Bonchev–Trinajstić information content (AvgIpc) is 2.65. The molecule has 1 N–H and O–H groups in total. The van der Waals surface area contributed by atoms with Crippen molar-refractivity contribution >= 4 is 33.2 Å². The molecule has 1 aliphatic rings. The van der Waals surface area contributed by atoms with Crippen LogP contribution < -0.4 is 5.32 Å². The Morgan fingerprint density at radius 1 is 1.11 bits per heavy atom. The van der Waals surface area contributed by atoms with E-state index >= 15 is 0 Å². The van der Waals surface area contributed by atoms with Crippen LogP contribution in [0.3, 0.4) is 0 Å². The Balaban J connectivity index is 1.87. The number of rotatable bonds is 4. The lowest BCUT2D eigenvalue weighted by molar-refractivity contribution is -0.120. The fraction of sp³-hybridized carbons (Fsp3) is 0.350. The normalized spacial score (nSPS) is 18.3. The molecule has 1 saturated heterocycles. The van der Waals surface area contributed by atoms with Crippen LogP contribution in [0.15, 0.2) is 47.4 Å². The number of aryl methyl sites for hydroxylation is 2. The quantitative estimate of drug-likeness (QED) is 0.829. The zero-order valence-electron chi connectivity index (χ0n) is 15.4. The molecule has 1 aliphatic heterocycles. The summed E-state index contributed by atoms with van der Waals surface area (Å²) in [7, 11) is -3.77. The van der Waals surface area contributed by atoms with Crippen LogP contribution >= 0.6 is 11.6 Å². The first-order valence-electron chi connectivity index (χ1n) is 8.94. The Hall–Kier alpha value is -1.89. The third kappa shape index (κ3) is 4.34. The number of piperidine rings is 1. The van der Waals surface area contributed by atoms with Gasteiger partial charge in [-0.1, -0.05) is 30.2 Å². The van der Waals surface area contributed by atoms with Crippen molar-refractivity contribution in [3.63, 3.8) is 0 Å². The van der Waals surface area contributed by atoms with E-state index in [1.54, 1.807) is 12.1 Å². The Morgan fingerprint density at radius 2 is 1.81 bits per heavy atom. The summed E-state index contributed by atoms with van der Waals surface area (Å²) in [5.74, 6) is -0.291. The molecule has 1 amide bonds. The van der Waals surface area contributed by atoms with Gasteiger partial charge in [0.1, 0.15) is 6.04 Å². The molecule has 0 spiro atoms. The first-order valence-corrected chi connectivity index (χ1v) is 10.8. The van der Waals surface area contributed by atoms with Gasteiger partial charge in [0.2, 0.25) is 15.9 Å². The maximum atomic E-state index is 13.1. The second-order valence-electron chi connectivity index (χ2n) is 6.89.